The van der Waals surface area contributed by atoms with Crippen LogP contribution in [0.15, 0.2) is 0 Å². The maximum atomic E-state index is 11.3. The molecule has 0 unspecified atom stereocenters. The normalized spacial score (nSPS) is 9.92. The number of likely N-dealkylation sites (N-methyl/N-ethyl adjacent to an activating group) is 1. The highest BCUT2D eigenvalue weighted by Crippen LogP contribution is 1.86. The Kier molecular flexibility index (Phi) is 7.29. The molecule has 0 rings (SSSR count). The number of hydrogen-bond donors (Lipinski definition) is 2. The molecule has 12 heavy (non-hydrogen) atoms. The molecule has 1 amide bonds. The highest BCUT2D eigenvalue weighted by molar-refractivity contribution is 7.80. The van der Waals surface area contributed by atoms with Crippen molar-refractivity contribution in [3.63, 3.8) is 0 Å². The van der Waals surface area contributed by atoms with Crippen molar-refractivity contribution in [2.75, 3.05) is 31.9 Å². The summed E-state index contributed by atoms with van der Waals surface area (Å²) in [6.45, 7) is 6.77. The largest absolute Gasteiger partial charge is 0.342 e. The van der Waals surface area contributed by atoms with Crippen LogP contribution in [0.5, 0.6) is 0 Å². The van der Waals surface area contributed by atoms with Gasteiger partial charge in [0, 0.05) is 25.4 Å². The van der Waals surface area contributed by atoms with Crippen LogP contribution in [0.2, 0.25) is 0 Å². The van der Waals surface area contributed by atoms with E-state index < -0.39 is 0 Å². The summed E-state index contributed by atoms with van der Waals surface area (Å²) >= 11 is 4.03. The first kappa shape index (κ1) is 11.8. The third kappa shape index (κ3) is 4.62. The molecule has 0 spiro atoms. The average Bonchev–Trinajstić information content (AvgIpc) is 2.07. The lowest BCUT2D eigenvalue weighted by Gasteiger charge is -2.18. The fraction of sp³-hybridized carbons (Fsp3) is 0.875. The summed E-state index contributed by atoms with van der Waals surface area (Å²) in [4.78, 5) is 13.1. The molecule has 0 aliphatic heterocycles. The van der Waals surface area contributed by atoms with E-state index in [-0.39, 0.29) is 5.91 Å². The van der Waals surface area contributed by atoms with Gasteiger partial charge in [-0.3, -0.25) is 4.79 Å². The van der Waals surface area contributed by atoms with Gasteiger partial charge in [0.2, 0.25) is 5.91 Å². The second-order valence-corrected chi connectivity index (χ2v) is 2.91. The molecule has 0 aromatic rings. The van der Waals surface area contributed by atoms with Crippen LogP contribution in [-0.4, -0.2) is 42.7 Å². The first-order valence-corrected chi connectivity index (χ1v) is 4.98. The Bertz CT molecular complexity index is 126. The minimum atomic E-state index is 0.168. The van der Waals surface area contributed by atoms with Crippen molar-refractivity contribution < 1.29 is 4.79 Å². The molecule has 0 atom stereocenters. The number of carbonyl (C=O) groups excluding carboxylic acids is 1. The summed E-state index contributed by atoms with van der Waals surface area (Å²) in [7, 11) is 0. The van der Waals surface area contributed by atoms with Gasteiger partial charge >= 0.3 is 0 Å². The number of amides is 1. The van der Waals surface area contributed by atoms with E-state index in [2.05, 4.69) is 17.9 Å². The van der Waals surface area contributed by atoms with Crippen LogP contribution in [0.25, 0.3) is 0 Å². The molecule has 0 saturated heterocycles. The van der Waals surface area contributed by atoms with E-state index in [0.29, 0.717) is 6.54 Å². The van der Waals surface area contributed by atoms with Crippen LogP contribution < -0.4 is 5.32 Å². The third-order valence-corrected chi connectivity index (χ3v) is 1.90. The summed E-state index contributed by atoms with van der Waals surface area (Å²) < 4.78 is 0. The molecular weight excluding hydrogens is 172 g/mol. The minimum absolute atomic E-state index is 0.168. The molecule has 0 heterocycles. The SMILES string of the molecule is CCN(CC)C(=O)CNCCS. The Morgan fingerprint density at radius 2 is 2.00 bits per heavy atom. The lowest BCUT2D eigenvalue weighted by molar-refractivity contribution is -0.129. The van der Waals surface area contributed by atoms with Gasteiger partial charge in [0.25, 0.3) is 0 Å². The van der Waals surface area contributed by atoms with E-state index >= 15 is 0 Å². The zero-order valence-electron chi connectivity index (χ0n) is 7.84. The van der Waals surface area contributed by atoms with E-state index in [9.17, 15) is 4.79 Å². The molecule has 0 radical (unpaired) electrons. The monoisotopic (exact) mass is 190 g/mol. The summed E-state index contributed by atoms with van der Waals surface area (Å²) in [5, 5.41) is 3.02. The predicted octanol–water partition coefficient (Wildman–Crippen LogP) is 0.374. The van der Waals surface area contributed by atoms with E-state index in [1.54, 1.807) is 0 Å². The van der Waals surface area contributed by atoms with E-state index in [1.807, 2.05) is 18.7 Å². The van der Waals surface area contributed by atoms with Crippen molar-refractivity contribution in [3.05, 3.63) is 0 Å². The van der Waals surface area contributed by atoms with E-state index in [1.165, 1.54) is 0 Å². The van der Waals surface area contributed by atoms with Gasteiger partial charge in [-0.25, -0.2) is 0 Å². The molecule has 0 aromatic heterocycles. The van der Waals surface area contributed by atoms with Crippen molar-refractivity contribution >= 4 is 18.5 Å². The number of nitrogens with one attached hydrogen (secondary N) is 1. The number of hydrogen-bond acceptors (Lipinski definition) is 3. The lowest BCUT2D eigenvalue weighted by atomic mass is 10.4. The standard InChI is InChI=1S/C8H18N2OS/c1-3-10(4-2)8(11)7-9-5-6-12/h9,12H,3-7H2,1-2H3. The molecular formula is C8H18N2OS. The van der Waals surface area contributed by atoms with Crippen molar-refractivity contribution in [1.29, 1.82) is 0 Å². The zero-order chi connectivity index (χ0) is 9.40. The molecule has 1 N–H and O–H groups in total. The fourth-order valence-electron chi connectivity index (χ4n) is 0.962. The van der Waals surface area contributed by atoms with Crippen LogP contribution in [-0.2, 0) is 4.79 Å². The van der Waals surface area contributed by atoms with Gasteiger partial charge in [0.05, 0.1) is 6.54 Å². The summed E-state index contributed by atoms with van der Waals surface area (Å²) in [6.07, 6.45) is 0. The molecule has 72 valence electrons. The van der Waals surface area contributed by atoms with Crippen molar-refractivity contribution in [2.45, 2.75) is 13.8 Å². The maximum absolute atomic E-state index is 11.3. The zero-order valence-corrected chi connectivity index (χ0v) is 8.73. The first-order chi connectivity index (χ1) is 5.76. The predicted molar refractivity (Wildman–Crippen MR) is 54.7 cm³/mol. The van der Waals surface area contributed by atoms with Gasteiger partial charge in [0.1, 0.15) is 0 Å². The summed E-state index contributed by atoms with van der Waals surface area (Å²) in [5.74, 6) is 0.938. The Morgan fingerprint density at radius 1 is 1.42 bits per heavy atom. The lowest BCUT2D eigenvalue weighted by Crippen LogP contribution is -2.38. The molecule has 0 saturated carbocycles. The molecule has 4 heteroatoms. The fourth-order valence-corrected chi connectivity index (χ4v) is 1.12. The van der Waals surface area contributed by atoms with Crippen LogP contribution in [0.3, 0.4) is 0 Å². The molecule has 0 fully saturated rings. The highest BCUT2D eigenvalue weighted by Gasteiger charge is 2.07. The van der Waals surface area contributed by atoms with Gasteiger partial charge in [-0.15, -0.1) is 0 Å². The second-order valence-electron chi connectivity index (χ2n) is 2.47. The molecule has 0 aromatic carbocycles. The van der Waals surface area contributed by atoms with Gasteiger partial charge in [0.15, 0.2) is 0 Å². The number of rotatable bonds is 6. The quantitative estimate of drug-likeness (QED) is 0.469. The summed E-state index contributed by atoms with van der Waals surface area (Å²) in [6, 6.07) is 0. The van der Waals surface area contributed by atoms with E-state index in [0.717, 1.165) is 25.4 Å². The number of nitrogens with zero attached hydrogens (tertiary/aromatic N) is 1. The van der Waals surface area contributed by atoms with Crippen molar-refractivity contribution in [2.24, 2.45) is 0 Å². The molecule has 0 bridgehead atoms. The smallest absolute Gasteiger partial charge is 0.236 e. The molecule has 3 nitrogen and oxygen atoms in total. The summed E-state index contributed by atoms with van der Waals surface area (Å²) in [5.41, 5.74) is 0. The third-order valence-electron chi connectivity index (χ3n) is 1.68. The second kappa shape index (κ2) is 7.43. The van der Waals surface area contributed by atoms with Gasteiger partial charge in [-0.1, -0.05) is 0 Å². The van der Waals surface area contributed by atoms with Gasteiger partial charge < -0.3 is 10.2 Å². The van der Waals surface area contributed by atoms with Gasteiger partial charge in [-0.05, 0) is 13.8 Å². The number of thiol groups is 1. The molecule has 0 aliphatic carbocycles. The van der Waals surface area contributed by atoms with Crippen molar-refractivity contribution in [1.82, 2.24) is 10.2 Å². The Labute approximate surface area is 79.9 Å². The first-order valence-electron chi connectivity index (χ1n) is 4.35. The van der Waals surface area contributed by atoms with Crippen LogP contribution >= 0.6 is 12.6 Å². The van der Waals surface area contributed by atoms with Crippen LogP contribution in [0, 0.1) is 0 Å². The Balaban J connectivity index is 3.54. The molecule has 0 aliphatic rings. The van der Waals surface area contributed by atoms with Crippen LogP contribution in [0.1, 0.15) is 13.8 Å². The Morgan fingerprint density at radius 3 is 2.42 bits per heavy atom. The average molecular weight is 190 g/mol. The topological polar surface area (TPSA) is 32.3 Å². The van der Waals surface area contributed by atoms with Crippen molar-refractivity contribution in [3.8, 4) is 0 Å². The maximum Gasteiger partial charge on any atom is 0.236 e. The number of carbonyl (C=O) groups is 1. The van der Waals surface area contributed by atoms with Gasteiger partial charge in [-0.2, -0.15) is 12.6 Å². The van der Waals surface area contributed by atoms with E-state index in [4.69, 9.17) is 0 Å². The highest BCUT2D eigenvalue weighted by atomic mass is 32.1. The van der Waals surface area contributed by atoms with Crippen LogP contribution in [0.4, 0.5) is 0 Å². The Hall–Kier alpha value is -0.220. The minimum Gasteiger partial charge on any atom is -0.342 e.